The third-order valence-electron chi connectivity index (χ3n) is 2.39. The predicted octanol–water partition coefficient (Wildman–Crippen LogP) is 8.08. The Bertz CT molecular complexity index is 486. The summed E-state index contributed by atoms with van der Waals surface area (Å²) in [5.74, 6) is -0.582. The molecule has 4 nitrogen and oxygen atoms in total. The maximum absolute atomic E-state index is 10.8. The summed E-state index contributed by atoms with van der Waals surface area (Å²) in [5, 5.41) is 0. The summed E-state index contributed by atoms with van der Waals surface area (Å²) in [6.45, 7) is 20.0. The zero-order valence-corrected chi connectivity index (χ0v) is 21.4. The van der Waals surface area contributed by atoms with Crippen LogP contribution < -0.4 is 0 Å². The van der Waals surface area contributed by atoms with Crippen molar-refractivity contribution < 1.29 is 19.1 Å². The van der Waals surface area contributed by atoms with Crippen LogP contribution in [0.15, 0.2) is 60.7 Å². The van der Waals surface area contributed by atoms with Crippen LogP contribution in [-0.4, -0.2) is 26.2 Å². The second-order valence-corrected chi connectivity index (χ2v) is 3.72. The molecule has 174 valence electrons. The Kier molecular flexibility index (Phi) is 47.1. The van der Waals surface area contributed by atoms with Crippen LogP contribution in [0.2, 0.25) is 0 Å². The van der Waals surface area contributed by atoms with Crippen LogP contribution in [0.1, 0.15) is 90.0 Å². The Balaban J connectivity index is -0.0000000982. The van der Waals surface area contributed by atoms with Gasteiger partial charge >= 0.3 is 11.9 Å². The van der Waals surface area contributed by atoms with Gasteiger partial charge in [0.05, 0.1) is 25.3 Å². The Labute approximate surface area is 186 Å². The third-order valence-corrected chi connectivity index (χ3v) is 2.39. The van der Waals surface area contributed by atoms with Gasteiger partial charge in [-0.05, 0) is 24.3 Å². The number of ether oxygens (including phenoxy) is 2. The quantitative estimate of drug-likeness (QED) is 0.459. The number of carbonyl (C=O) groups excluding carboxylic acids is 2. The van der Waals surface area contributed by atoms with E-state index in [0.717, 1.165) is 0 Å². The molecule has 0 aromatic heterocycles. The molecule has 0 unspecified atom stereocenters. The fourth-order valence-electron chi connectivity index (χ4n) is 1.38. The molecule has 0 atom stereocenters. The van der Waals surface area contributed by atoms with Gasteiger partial charge in [-0.1, -0.05) is 106 Å². The summed E-state index contributed by atoms with van der Waals surface area (Å²) < 4.78 is 8.99. The van der Waals surface area contributed by atoms with Crippen molar-refractivity contribution in [3.05, 3.63) is 71.8 Å². The number of carbonyl (C=O) groups is 2. The minimum atomic E-state index is -0.291. The molecule has 0 saturated heterocycles. The second-order valence-electron chi connectivity index (χ2n) is 3.72. The van der Waals surface area contributed by atoms with E-state index in [1.54, 1.807) is 48.5 Å². The molecule has 0 heterocycles. The van der Waals surface area contributed by atoms with Gasteiger partial charge in [0.25, 0.3) is 0 Å². The fraction of sp³-hybridized carbons (Fsp3) is 0.462. The smallest absolute Gasteiger partial charge is 0.337 e. The van der Waals surface area contributed by atoms with E-state index in [2.05, 4.69) is 9.47 Å². The van der Waals surface area contributed by atoms with E-state index < -0.39 is 0 Å². The minimum absolute atomic E-state index is 0.291. The summed E-state index contributed by atoms with van der Waals surface area (Å²) in [4.78, 5) is 21.6. The van der Waals surface area contributed by atoms with Crippen LogP contribution in [-0.2, 0) is 9.47 Å². The van der Waals surface area contributed by atoms with E-state index >= 15 is 0 Å². The molecule has 2 aromatic rings. The van der Waals surface area contributed by atoms with Crippen LogP contribution in [0.4, 0.5) is 0 Å². The maximum Gasteiger partial charge on any atom is 0.337 e. The first-order valence-electron chi connectivity index (χ1n) is 11.0. The summed E-state index contributed by atoms with van der Waals surface area (Å²) in [5.41, 5.74) is 1.18. The third kappa shape index (κ3) is 23.4. The number of hydrogen-bond donors (Lipinski definition) is 0. The number of esters is 2. The second kappa shape index (κ2) is 37.2. The van der Waals surface area contributed by atoms with Gasteiger partial charge in [-0.25, -0.2) is 9.59 Å². The van der Waals surface area contributed by atoms with E-state index in [-0.39, 0.29) is 11.9 Å². The van der Waals surface area contributed by atoms with E-state index in [0.29, 0.717) is 11.1 Å². The summed E-state index contributed by atoms with van der Waals surface area (Å²) in [6, 6.07) is 17.8. The maximum atomic E-state index is 10.8. The molecule has 2 rings (SSSR count). The van der Waals surface area contributed by atoms with Gasteiger partial charge in [-0.3, -0.25) is 0 Å². The van der Waals surface area contributed by atoms with Gasteiger partial charge < -0.3 is 9.47 Å². The molecule has 0 saturated carbocycles. The SMILES string of the molecule is CC.CC.CC.CC.CC.COC(=O)c1ccccc1.COC(=O)c1ccccc1. The fourth-order valence-corrected chi connectivity index (χ4v) is 1.38. The molecule has 0 spiro atoms. The van der Waals surface area contributed by atoms with E-state index in [1.807, 2.05) is 81.4 Å². The zero-order chi connectivity index (χ0) is 24.8. The van der Waals surface area contributed by atoms with Gasteiger partial charge in [0, 0.05) is 0 Å². The van der Waals surface area contributed by atoms with Gasteiger partial charge in [0.15, 0.2) is 0 Å². The molecule has 30 heavy (non-hydrogen) atoms. The highest BCUT2D eigenvalue weighted by molar-refractivity contribution is 5.89. The van der Waals surface area contributed by atoms with Crippen LogP contribution in [0.3, 0.4) is 0 Å². The van der Waals surface area contributed by atoms with E-state index in [1.165, 1.54) is 14.2 Å². The van der Waals surface area contributed by atoms with Crippen LogP contribution in [0.5, 0.6) is 0 Å². The van der Waals surface area contributed by atoms with Crippen molar-refractivity contribution in [2.75, 3.05) is 14.2 Å². The molecule has 0 N–H and O–H groups in total. The Morgan fingerprint density at radius 2 is 0.667 bits per heavy atom. The molecule has 0 aliphatic carbocycles. The van der Waals surface area contributed by atoms with Gasteiger partial charge in [0.2, 0.25) is 0 Å². The van der Waals surface area contributed by atoms with E-state index in [4.69, 9.17) is 0 Å². The first kappa shape index (κ1) is 38.0. The monoisotopic (exact) mass is 422 g/mol. The van der Waals surface area contributed by atoms with Crippen molar-refractivity contribution in [2.24, 2.45) is 0 Å². The summed E-state index contributed by atoms with van der Waals surface area (Å²) in [7, 11) is 2.74. The first-order chi connectivity index (χ1) is 14.7. The van der Waals surface area contributed by atoms with Gasteiger partial charge in [-0.2, -0.15) is 0 Å². The molecule has 0 bridgehead atoms. The van der Waals surface area contributed by atoms with Crippen molar-refractivity contribution in [3.8, 4) is 0 Å². The lowest BCUT2D eigenvalue weighted by Gasteiger charge is -1.95. The molecule has 2 aromatic carbocycles. The van der Waals surface area contributed by atoms with Crippen molar-refractivity contribution in [1.29, 1.82) is 0 Å². The van der Waals surface area contributed by atoms with Crippen molar-refractivity contribution >= 4 is 11.9 Å². The number of methoxy groups -OCH3 is 2. The summed E-state index contributed by atoms with van der Waals surface area (Å²) in [6.07, 6.45) is 0. The normalized spacial score (nSPS) is 6.93. The van der Waals surface area contributed by atoms with Crippen molar-refractivity contribution in [3.63, 3.8) is 0 Å². The minimum Gasteiger partial charge on any atom is -0.465 e. The molecular weight excluding hydrogens is 376 g/mol. The lowest BCUT2D eigenvalue weighted by atomic mass is 10.2. The van der Waals surface area contributed by atoms with Crippen LogP contribution >= 0.6 is 0 Å². The largest absolute Gasteiger partial charge is 0.465 e. The zero-order valence-electron chi connectivity index (χ0n) is 21.4. The molecule has 0 radical (unpaired) electrons. The van der Waals surface area contributed by atoms with Crippen LogP contribution in [0.25, 0.3) is 0 Å². The molecular formula is C26H46O4. The number of hydrogen-bond acceptors (Lipinski definition) is 4. The Morgan fingerprint density at radius 3 is 0.833 bits per heavy atom. The molecule has 0 aliphatic heterocycles. The summed E-state index contributed by atoms with van der Waals surface area (Å²) >= 11 is 0. The lowest BCUT2D eigenvalue weighted by molar-refractivity contribution is 0.0592. The Morgan fingerprint density at radius 1 is 0.467 bits per heavy atom. The van der Waals surface area contributed by atoms with Gasteiger partial charge in [-0.15, -0.1) is 0 Å². The van der Waals surface area contributed by atoms with Crippen molar-refractivity contribution in [1.82, 2.24) is 0 Å². The number of benzene rings is 2. The van der Waals surface area contributed by atoms with Crippen molar-refractivity contribution in [2.45, 2.75) is 69.2 Å². The molecule has 4 heteroatoms. The predicted molar refractivity (Wildman–Crippen MR) is 132 cm³/mol. The highest BCUT2D eigenvalue weighted by Crippen LogP contribution is 1.99. The van der Waals surface area contributed by atoms with Gasteiger partial charge in [0.1, 0.15) is 0 Å². The molecule has 0 fully saturated rings. The topological polar surface area (TPSA) is 52.6 Å². The molecule has 0 aliphatic rings. The molecule has 0 amide bonds. The Hall–Kier alpha value is -2.62. The van der Waals surface area contributed by atoms with E-state index in [9.17, 15) is 9.59 Å². The van der Waals surface area contributed by atoms with Crippen LogP contribution in [0, 0.1) is 0 Å². The first-order valence-corrected chi connectivity index (χ1v) is 11.0. The average molecular weight is 423 g/mol. The standard InChI is InChI=1S/2C8H8O2.5C2H6/c2*1-10-8(9)7-5-3-2-4-6-7;5*1-2/h2*2-6H,1H3;5*1-2H3. The highest BCUT2D eigenvalue weighted by atomic mass is 16.5. The lowest BCUT2D eigenvalue weighted by Crippen LogP contribution is -1.99. The number of rotatable bonds is 2. The highest BCUT2D eigenvalue weighted by Gasteiger charge is 2.01. The average Bonchev–Trinajstić information content (AvgIpc) is 2.90.